The molecular weight excluding hydrogens is 178 g/mol. The molecule has 0 spiro atoms. The summed E-state index contributed by atoms with van der Waals surface area (Å²) in [5, 5.41) is 5.28. The van der Waals surface area contributed by atoms with Gasteiger partial charge in [-0.2, -0.15) is 0 Å². The second kappa shape index (κ2) is 4.60. The van der Waals surface area contributed by atoms with E-state index in [4.69, 9.17) is 0 Å². The molecule has 0 aliphatic heterocycles. The predicted octanol–water partition coefficient (Wildman–Crippen LogP) is 1.38. The monoisotopic (exact) mass is 193 g/mol. The molecule has 0 saturated carbocycles. The summed E-state index contributed by atoms with van der Waals surface area (Å²) < 4.78 is 0. The summed E-state index contributed by atoms with van der Waals surface area (Å²) in [4.78, 5) is 15.2. The number of urea groups is 1. The lowest BCUT2D eigenvalue weighted by atomic mass is 10.1. The first-order chi connectivity index (χ1) is 6.63. The number of aromatic nitrogens is 1. The first-order valence-electron chi connectivity index (χ1n) is 4.54. The standard InChI is InChI=1S/C10H15N3O/c1-7-4-5-9(6-12-7)8(2)13-10(14)11-3/h4-6,8H,1-3H3,(H2,11,13,14)/t8-/m1/s1. The first kappa shape index (κ1) is 10.5. The van der Waals surface area contributed by atoms with Crippen molar-refractivity contribution < 1.29 is 4.79 Å². The molecule has 0 fully saturated rings. The Kier molecular flexibility index (Phi) is 3.45. The van der Waals surface area contributed by atoms with Gasteiger partial charge < -0.3 is 10.6 Å². The Morgan fingerprint density at radius 3 is 2.71 bits per heavy atom. The van der Waals surface area contributed by atoms with Gasteiger partial charge in [-0.25, -0.2) is 4.79 Å². The van der Waals surface area contributed by atoms with Gasteiger partial charge in [0.1, 0.15) is 0 Å². The lowest BCUT2D eigenvalue weighted by molar-refractivity contribution is 0.240. The van der Waals surface area contributed by atoms with Crippen molar-refractivity contribution in [2.75, 3.05) is 7.05 Å². The lowest BCUT2D eigenvalue weighted by Gasteiger charge is -2.13. The van der Waals surface area contributed by atoms with Crippen molar-refractivity contribution in [3.8, 4) is 0 Å². The Hall–Kier alpha value is -1.58. The smallest absolute Gasteiger partial charge is 0.315 e. The molecule has 1 heterocycles. The van der Waals surface area contributed by atoms with E-state index in [1.807, 2.05) is 26.0 Å². The van der Waals surface area contributed by atoms with Gasteiger partial charge in [0.05, 0.1) is 6.04 Å². The minimum absolute atomic E-state index is 0.0250. The number of hydrogen-bond acceptors (Lipinski definition) is 2. The van der Waals surface area contributed by atoms with E-state index in [2.05, 4.69) is 15.6 Å². The highest BCUT2D eigenvalue weighted by molar-refractivity contribution is 5.73. The van der Waals surface area contributed by atoms with E-state index in [-0.39, 0.29) is 12.1 Å². The summed E-state index contributed by atoms with van der Waals surface area (Å²) in [6.45, 7) is 3.85. The van der Waals surface area contributed by atoms with Gasteiger partial charge in [-0.15, -0.1) is 0 Å². The summed E-state index contributed by atoms with van der Waals surface area (Å²) in [6.07, 6.45) is 1.77. The van der Waals surface area contributed by atoms with Gasteiger partial charge in [-0.1, -0.05) is 6.07 Å². The molecule has 2 N–H and O–H groups in total. The lowest BCUT2D eigenvalue weighted by Crippen LogP contribution is -2.34. The topological polar surface area (TPSA) is 54.0 Å². The minimum Gasteiger partial charge on any atom is -0.341 e. The molecule has 4 nitrogen and oxygen atoms in total. The van der Waals surface area contributed by atoms with E-state index >= 15 is 0 Å². The van der Waals surface area contributed by atoms with Gasteiger partial charge in [0.2, 0.25) is 0 Å². The number of hydrogen-bond donors (Lipinski definition) is 2. The number of carbonyl (C=O) groups excluding carboxylic acids is 1. The fraction of sp³-hybridized carbons (Fsp3) is 0.400. The Morgan fingerprint density at radius 2 is 2.21 bits per heavy atom. The second-order valence-electron chi connectivity index (χ2n) is 3.18. The Labute approximate surface area is 83.7 Å². The molecule has 1 rings (SSSR count). The van der Waals surface area contributed by atoms with E-state index in [9.17, 15) is 4.79 Å². The highest BCUT2D eigenvalue weighted by Gasteiger charge is 2.07. The van der Waals surface area contributed by atoms with Crippen LogP contribution in [0.15, 0.2) is 18.3 Å². The third kappa shape index (κ3) is 2.73. The number of rotatable bonds is 2. The van der Waals surface area contributed by atoms with Gasteiger partial charge >= 0.3 is 6.03 Å². The maximum atomic E-state index is 11.0. The highest BCUT2D eigenvalue weighted by Crippen LogP contribution is 2.10. The van der Waals surface area contributed by atoms with Crippen molar-refractivity contribution >= 4 is 6.03 Å². The van der Waals surface area contributed by atoms with Crippen LogP contribution in [0.2, 0.25) is 0 Å². The van der Waals surface area contributed by atoms with E-state index in [1.54, 1.807) is 13.2 Å². The molecule has 1 atom stereocenters. The normalized spacial score (nSPS) is 11.9. The van der Waals surface area contributed by atoms with Crippen molar-refractivity contribution in [3.63, 3.8) is 0 Å². The van der Waals surface area contributed by atoms with Gasteiger partial charge in [-0.3, -0.25) is 4.98 Å². The maximum absolute atomic E-state index is 11.0. The molecule has 0 unspecified atom stereocenters. The molecule has 0 aliphatic rings. The largest absolute Gasteiger partial charge is 0.341 e. The minimum atomic E-state index is -0.182. The van der Waals surface area contributed by atoms with Crippen molar-refractivity contribution in [2.24, 2.45) is 0 Å². The molecule has 2 amide bonds. The van der Waals surface area contributed by atoms with E-state index in [0.717, 1.165) is 11.3 Å². The quantitative estimate of drug-likeness (QED) is 0.745. The summed E-state index contributed by atoms with van der Waals surface area (Å²) in [5.41, 5.74) is 1.97. The van der Waals surface area contributed by atoms with Crippen LogP contribution >= 0.6 is 0 Å². The fourth-order valence-corrected chi connectivity index (χ4v) is 1.09. The molecule has 1 aromatic rings. The SMILES string of the molecule is CNC(=O)N[C@H](C)c1ccc(C)nc1. The molecule has 0 aliphatic carbocycles. The Balaban J connectivity index is 2.65. The third-order valence-corrected chi connectivity index (χ3v) is 2.01. The maximum Gasteiger partial charge on any atom is 0.315 e. The molecule has 14 heavy (non-hydrogen) atoms. The van der Waals surface area contributed by atoms with Crippen molar-refractivity contribution in [1.82, 2.24) is 15.6 Å². The first-order valence-corrected chi connectivity index (χ1v) is 4.54. The van der Waals surface area contributed by atoms with Crippen molar-refractivity contribution in [1.29, 1.82) is 0 Å². The number of nitrogens with one attached hydrogen (secondary N) is 2. The van der Waals surface area contributed by atoms with Crippen LogP contribution < -0.4 is 10.6 Å². The van der Waals surface area contributed by atoms with E-state index in [0.29, 0.717) is 0 Å². The zero-order valence-corrected chi connectivity index (χ0v) is 8.66. The van der Waals surface area contributed by atoms with Crippen LogP contribution in [0.4, 0.5) is 4.79 Å². The fourth-order valence-electron chi connectivity index (χ4n) is 1.09. The average molecular weight is 193 g/mol. The Bertz CT molecular complexity index is 308. The molecule has 0 saturated heterocycles. The van der Waals surface area contributed by atoms with E-state index in [1.165, 1.54) is 0 Å². The highest BCUT2D eigenvalue weighted by atomic mass is 16.2. The number of nitrogens with zero attached hydrogens (tertiary/aromatic N) is 1. The van der Waals surface area contributed by atoms with E-state index < -0.39 is 0 Å². The molecule has 4 heteroatoms. The van der Waals surface area contributed by atoms with Crippen LogP contribution in [0.1, 0.15) is 24.2 Å². The van der Waals surface area contributed by atoms with Gasteiger partial charge in [-0.05, 0) is 25.5 Å². The zero-order valence-electron chi connectivity index (χ0n) is 8.66. The van der Waals surface area contributed by atoms with Crippen LogP contribution in [0.25, 0.3) is 0 Å². The molecule has 76 valence electrons. The number of amides is 2. The third-order valence-electron chi connectivity index (χ3n) is 2.01. The zero-order chi connectivity index (χ0) is 10.6. The van der Waals surface area contributed by atoms with Crippen molar-refractivity contribution in [3.05, 3.63) is 29.6 Å². The van der Waals surface area contributed by atoms with Crippen LogP contribution in [0.3, 0.4) is 0 Å². The van der Waals surface area contributed by atoms with Crippen LogP contribution in [0, 0.1) is 6.92 Å². The molecule has 1 aromatic heterocycles. The van der Waals surface area contributed by atoms with Crippen LogP contribution in [0.5, 0.6) is 0 Å². The number of pyridine rings is 1. The van der Waals surface area contributed by atoms with Gasteiger partial charge in [0, 0.05) is 18.9 Å². The average Bonchev–Trinajstić information content (AvgIpc) is 2.18. The van der Waals surface area contributed by atoms with Crippen LogP contribution in [-0.4, -0.2) is 18.1 Å². The summed E-state index contributed by atoms with van der Waals surface area (Å²) in [6, 6.07) is 3.68. The van der Waals surface area contributed by atoms with Crippen LogP contribution in [-0.2, 0) is 0 Å². The summed E-state index contributed by atoms with van der Waals surface area (Å²) in [5.74, 6) is 0. The summed E-state index contributed by atoms with van der Waals surface area (Å²) in [7, 11) is 1.59. The molecular formula is C10H15N3O. The van der Waals surface area contributed by atoms with Gasteiger partial charge in [0.25, 0.3) is 0 Å². The van der Waals surface area contributed by atoms with Crippen molar-refractivity contribution in [2.45, 2.75) is 19.9 Å². The number of aryl methyl sites for hydroxylation is 1. The number of carbonyl (C=O) groups is 1. The van der Waals surface area contributed by atoms with Gasteiger partial charge in [0.15, 0.2) is 0 Å². The second-order valence-corrected chi connectivity index (χ2v) is 3.18. The molecule has 0 bridgehead atoms. The molecule has 0 radical (unpaired) electrons. The summed E-state index contributed by atoms with van der Waals surface area (Å²) >= 11 is 0. The Morgan fingerprint density at radius 1 is 1.50 bits per heavy atom. The predicted molar refractivity (Wildman–Crippen MR) is 55.0 cm³/mol. The molecule has 0 aromatic carbocycles.